The lowest BCUT2D eigenvalue weighted by Gasteiger charge is -2.28. The highest BCUT2D eigenvalue weighted by Crippen LogP contribution is 2.39. The molecule has 28 heavy (non-hydrogen) atoms. The summed E-state index contributed by atoms with van der Waals surface area (Å²) in [4.78, 5) is 0. The summed E-state index contributed by atoms with van der Waals surface area (Å²) in [5, 5.41) is 0. The van der Waals surface area contributed by atoms with E-state index in [9.17, 15) is 0 Å². The molecule has 1 aromatic rings. The molecule has 0 unspecified atom stereocenters. The molecule has 0 aromatic heterocycles. The maximum absolute atomic E-state index is 6.04. The Morgan fingerprint density at radius 3 is 1.61 bits per heavy atom. The lowest BCUT2D eigenvalue weighted by atomic mass is 10.0. The quantitative estimate of drug-likeness (QED) is 0.670. The van der Waals surface area contributed by atoms with Crippen LogP contribution in [0, 0.1) is 0 Å². The first-order chi connectivity index (χ1) is 13.6. The first kappa shape index (κ1) is 20.9. The first-order valence-corrected chi connectivity index (χ1v) is 9.77. The Bertz CT molecular complexity index is 642. The topological polar surface area (TPSA) is 64.6 Å². The van der Waals surface area contributed by atoms with Crippen molar-refractivity contribution in [3.63, 3.8) is 0 Å². The number of hydrogen-bond acceptors (Lipinski definition) is 7. The van der Waals surface area contributed by atoms with Crippen molar-refractivity contribution in [2.75, 3.05) is 66.1 Å². The summed E-state index contributed by atoms with van der Waals surface area (Å²) >= 11 is 0. The van der Waals surface area contributed by atoms with Crippen LogP contribution in [0.3, 0.4) is 0 Å². The fraction of sp³-hybridized carbons (Fsp3) is 0.619. The number of rotatable bonds is 0. The summed E-state index contributed by atoms with van der Waals surface area (Å²) in [6.07, 6.45) is 4.08. The summed E-state index contributed by atoms with van der Waals surface area (Å²) in [6, 6.07) is 3.82. The van der Waals surface area contributed by atoms with Crippen LogP contribution in [-0.2, 0) is 18.9 Å². The maximum Gasteiger partial charge on any atom is 0.165 e. The highest BCUT2D eigenvalue weighted by molar-refractivity contribution is 5.66. The van der Waals surface area contributed by atoms with Gasteiger partial charge in [0.15, 0.2) is 11.5 Å². The van der Waals surface area contributed by atoms with Gasteiger partial charge in [-0.3, -0.25) is 0 Å². The number of ether oxygens (including phenoxy) is 7. The van der Waals surface area contributed by atoms with E-state index in [1.165, 1.54) is 0 Å². The van der Waals surface area contributed by atoms with Crippen LogP contribution in [0.4, 0.5) is 0 Å². The molecule has 0 amide bonds. The van der Waals surface area contributed by atoms with Crippen LogP contribution in [0.1, 0.15) is 19.4 Å². The van der Waals surface area contributed by atoms with Gasteiger partial charge in [-0.25, -0.2) is 0 Å². The van der Waals surface area contributed by atoms with Crippen LogP contribution in [0.25, 0.3) is 6.08 Å². The Hall–Kier alpha value is -1.80. The van der Waals surface area contributed by atoms with Crippen molar-refractivity contribution in [2.45, 2.75) is 19.4 Å². The molecule has 0 bridgehead atoms. The third kappa shape index (κ3) is 6.67. The molecule has 0 saturated carbocycles. The van der Waals surface area contributed by atoms with Crippen molar-refractivity contribution >= 4 is 6.08 Å². The Balaban J connectivity index is 1.66. The van der Waals surface area contributed by atoms with Crippen molar-refractivity contribution in [3.05, 3.63) is 23.8 Å². The summed E-state index contributed by atoms with van der Waals surface area (Å²) in [6.45, 7) is 9.00. The second kappa shape index (κ2) is 10.7. The van der Waals surface area contributed by atoms with Gasteiger partial charge in [0.25, 0.3) is 0 Å². The first-order valence-electron chi connectivity index (χ1n) is 9.77. The number of benzene rings is 1. The zero-order chi connectivity index (χ0) is 19.7. The summed E-state index contributed by atoms with van der Waals surface area (Å²) in [5.41, 5.74) is 0.614. The average molecular weight is 394 g/mol. The maximum atomic E-state index is 6.04. The molecule has 0 spiro atoms. The monoisotopic (exact) mass is 394 g/mol. The Morgan fingerprint density at radius 1 is 0.607 bits per heavy atom. The molecule has 2 aliphatic rings. The van der Waals surface area contributed by atoms with E-state index in [-0.39, 0.29) is 5.60 Å². The minimum absolute atomic E-state index is 0.351. The van der Waals surface area contributed by atoms with Crippen molar-refractivity contribution in [2.24, 2.45) is 0 Å². The Morgan fingerprint density at radius 2 is 1.07 bits per heavy atom. The molecule has 7 heteroatoms. The van der Waals surface area contributed by atoms with Gasteiger partial charge < -0.3 is 33.2 Å². The van der Waals surface area contributed by atoms with E-state index < -0.39 is 0 Å². The third-order valence-electron chi connectivity index (χ3n) is 4.20. The zero-order valence-electron chi connectivity index (χ0n) is 16.7. The SMILES string of the molecule is CC1(C)C=Cc2cc3c(cc2O1)OCCOCCOCCOCCOCCO3. The van der Waals surface area contributed by atoms with Gasteiger partial charge in [0, 0.05) is 11.6 Å². The molecular weight excluding hydrogens is 364 g/mol. The van der Waals surface area contributed by atoms with Gasteiger partial charge in [0.2, 0.25) is 0 Å². The van der Waals surface area contributed by atoms with Crippen LogP contribution < -0.4 is 14.2 Å². The second-order valence-corrected chi connectivity index (χ2v) is 7.02. The minimum Gasteiger partial charge on any atom is -0.487 e. The summed E-state index contributed by atoms with van der Waals surface area (Å²) < 4.78 is 39.8. The molecule has 0 N–H and O–H groups in total. The zero-order valence-corrected chi connectivity index (χ0v) is 16.7. The van der Waals surface area contributed by atoms with Crippen LogP contribution >= 0.6 is 0 Å². The standard InChI is InChI=1S/C21H30O7/c1-21(2)4-3-17-15-19-20(16-18(17)28-21)27-14-12-25-10-8-23-6-5-22-7-9-24-11-13-26-19/h3-4,15-16H,5-14H2,1-2H3. The molecule has 7 nitrogen and oxygen atoms in total. The predicted molar refractivity (Wildman–Crippen MR) is 104 cm³/mol. The van der Waals surface area contributed by atoms with Crippen LogP contribution in [0.2, 0.25) is 0 Å². The van der Waals surface area contributed by atoms with E-state index in [1.54, 1.807) is 0 Å². The third-order valence-corrected chi connectivity index (χ3v) is 4.20. The lowest BCUT2D eigenvalue weighted by molar-refractivity contribution is -0.00844. The molecule has 0 fully saturated rings. The predicted octanol–water partition coefficient (Wildman–Crippen LogP) is 2.71. The summed E-state index contributed by atoms with van der Waals surface area (Å²) in [5.74, 6) is 2.07. The molecular formula is C21H30O7. The molecule has 0 radical (unpaired) electrons. The van der Waals surface area contributed by atoms with E-state index in [1.807, 2.05) is 38.1 Å². The van der Waals surface area contributed by atoms with E-state index in [0.29, 0.717) is 77.6 Å². The van der Waals surface area contributed by atoms with Crippen molar-refractivity contribution in [3.8, 4) is 17.2 Å². The second-order valence-electron chi connectivity index (χ2n) is 7.02. The van der Waals surface area contributed by atoms with Crippen molar-refractivity contribution in [1.29, 1.82) is 0 Å². The molecule has 0 aliphatic carbocycles. The largest absolute Gasteiger partial charge is 0.487 e. The van der Waals surface area contributed by atoms with Gasteiger partial charge in [0.1, 0.15) is 24.6 Å². The molecule has 2 aliphatic heterocycles. The fourth-order valence-corrected chi connectivity index (χ4v) is 2.79. The summed E-state index contributed by atoms with van der Waals surface area (Å²) in [7, 11) is 0. The van der Waals surface area contributed by atoms with Gasteiger partial charge in [-0.05, 0) is 26.0 Å². The smallest absolute Gasteiger partial charge is 0.165 e. The molecule has 3 rings (SSSR count). The number of hydrogen-bond donors (Lipinski definition) is 0. The van der Waals surface area contributed by atoms with Gasteiger partial charge in [0.05, 0.1) is 52.9 Å². The van der Waals surface area contributed by atoms with Gasteiger partial charge in [-0.2, -0.15) is 0 Å². The van der Waals surface area contributed by atoms with Crippen LogP contribution in [0.5, 0.6) is 17.2 Å². The van der Waals surface area contributed by atoms with Crippen molar-refractivity contribution < 1.29 is 33.2 Å². The highest BCUT2D eigenvalue weighted by Gasteiger charge is 2.23. The molecule has 0 atom stereocenters. The van der Waals surface area contributed by atoms with Gasteiger partial charge in [-0.1, -0.05) is 6.08 Å². The minimum atomic E-state index is -0.351. The Kier molecular flexibility index (Phi) is 7.97. The van der Waals surface area contributed by atoms with Crippen LogP contribution in [-0.4, -0.2) is 71.7 Å². The molecule has 2 heterocycles. The van der Waals surface area contributed by atoms with Crippen molar-refractivity contribution in [1.82, 2.24) is 0 Å². The molecule has 156 valence electrons. The lowest BCUT2D eigenvalue weighted by Crippen LogP contribution is -2.27. The molecule has 0 saturated heterocycles. The van der Waals surface area contributed by atoms with E-state index in [4.69, 9.17) is 33.2 Å². The van der Waals surface area contributed by atoms with Crippen LogP contribution in [0.15, 0.2) is 18.2 Å². The fourth-order valence-electron chi connectivity index (χ4n) is 2.79. The average Bonchev–Trinajstić information content (AvgIpc) is 2.66. The van der Waals surface area contributed by atoms with E-state index >= 15 is 0 Å². The number of fused-ring (bicyclic) bond motifs is 2. The van der Waals surface area contributed by atoms with E-state index in [0.717, 1.165) is 11.3 Å². The van der Waals surface area contributed by atoms with Gasteiger partial charge in [-0.15, -0.1) is 0 Å². The van der Waals surface area contributed by atoms with E-state index in [2.05, 4.69) is 0 Å². The molecule has 1 aromatic carbocycles. The highest BCUT2D eigenvalue weighted by atomic mass is 16.6. The van der Waals surface area contributed by atoms with Gasteiger partial charge >= 0.3 is 0 Å². The normalized spacial score (nSPS) is 21.6. The Labute approximate surface area is 166 Å².